The molecule has 0 amide bonds. The molecule has 1 fully saturated rings. The summed E-state index contributed by atoms with van der Waals surface area (Å²) in [4.78, 5) is 0. The van der Waals surface area contributed by atoms with Gasteiger partial charge in [0.1, 0.15) is 0 Å². The third-order valence-corrected chi connectivity index (χ3v) is 5.70. The molecular formula is C12H22BN3O4S. The van der Waals surface area contributed by atoms with Crippen molar-refractivity contribution >= 4 is 22.8 Å². The van der Waals surface area contributed by atoms with Crippen LogP contribution in [0.1, 0.15) is 33.4 Å². The summed E-state index contributed by atoms with van der Waals surface area (Å²) in [6.07, 6.45) is 1.45. The minimum atomic E-state index is -3.64. The predicted octanol–water partition coefficient (Wildman–Crippen LogP) is 0.145. The molecule has 0 saturated carbocycles. The highest BCUT2D eigenvalue weighted by atomic mass is 32.2. The van der Waals surface area contributed by atoms with Crippen LogP contribution < -0.4 is 5.46 Å². The molecule has 0 aromatic carbocycles. The lowest BCUT2D eigenvalue weighted by Crippen LogP contribution is -2.41. The molecule has 0 spiro atoms. The van der Waals surface area contributed by atoms with Crippen molar-refractivity contribution in [3.63, 3.8) is 0 Å². The highest BCUT2D eigenvalue weighted by Crippen LogP contribution is 2.36. The molecule has 1 aromatic heterocycles. The summed E-state index contributed by atoms with van der Waals surface area (Å²) >= 11 is 0. The maximum atomic E-state index is 12.1. The molecule has 0 atom stereocenters. The largest absolute Gasteiger partial charge is 0.498 e. The summed E-state index contributed by atoms with van der Waals surface area (Å²) in [6, 6.07) is 0. The Kier molecular flexibility index (Phi) is 3.77. The zero-order valence-corrected chi connectivity index (χ0v) is 14.4. The van der Waals surface area contributed by atoms with Crippen LogP contribution in [-0.4, -0.2) is 54.3 Å². The maximum absolute atomic E-state index is 12.1. The van der Waals surface area contributed by atoms with Gasteiger partial charge in [0.25, 0.3) is 0 Å². The van der Waals surface area contributed by atoms with E-state index in [1.165, 1.54) is 20.3 Å². The Morgan fingerprint density at radius 2 is 1.67 bits per heavy atom. The van der Waals surface area contributed by atoms with Gasteiger partial charge < -0.3 is 9.31 Å². The fraction of sp³-hybridized carbons (Fsp3) is 0.750. The van der Waals surface area contributed by atoms with Crippen LogP contribution in [0.2, 0.25) is 0 Å². The number of aromatic nitrogens is 2. The molecule has 0 bridgehead atoms. The first-order valence-electron chi connectivity index (χ1n) is 6.73. The Balaban J connectivity index is 2.39. The first-order valence-corrected chi connectivity index (χ1v) is 8.13. The van der Waals surface area contributed by atoms with Gasteiger partial charge >= 0.3 is 17.3 Å². The maximum Gasteiger partial charge on any atom is 0.498 e. The molecule has 9 heteroatoms. The molecule has 0 aliphatic carbocycles. The molecule has 0 N–H and O–H groups in total. The van der Waals surface area contributed by atoms with Gasteiger partial charge in [-0.1, -0.05) is 0 Å². The highest BCUT2D eigenvalue weighted by molar-refractivity contribution is 7.87. The molecule has 1 saturated heterocycles. The van der Waals surface area contributed by atoms with Crippen molar-refractivity contribution in [2.45, 2.75) is 45.8 Å². The van der Waals surface area contributed by atoms with Gasteiger partial charge in [-0.2, -0.15) is 21.9 Å². The fourth-order valence-corrected chi connectivity index (χ4v) is 2.74. The van der Waals surface area contributed by atoms with Crippen LogP contribution in [0.5, 0.6) is 0 Å². The Hall–Kier alpha value is -0.895. The Labute approximate surface area is 126 Å². The fourth-order valence-electron chi connectivity index (χ4n) is 1.93. The summed E-state index contributed by atoms with van der Waals surface area (Å²) in [6.45, 7) is 9.53. The third kappa shape index (κ3) is 2.63. The van der Waals surface area contributed by atoms with Gasteiger partial charge in [-0.3, -0.25) is 0 Å². The van der Waals surface area contributed by atoms with Crippen molar-refractivity contribution < 1.29 is 17.7 Å². The smallest absolute Gasteiger partial charge is 0.399 e. The van der Waals surface area contributed by atoms with Gasteiger partial charge in [0.2, 0.25) is 0 Å². The van der Waals surface area contributed by atoms with Gasteiger partial charge in [0, 0.05) is 25.8 Å². The quantitative estimate of drug-likeness (QED) is 0.742. The van der Waals surface area contributed by atoms with E-state index in [4.69, 9.17) is 9.31 Å². The zero-order valence-electron chi connectivity index (χ0n) is 13.5. The average molecular weight is 315 g/mol. The second-order valence-corrected chi connectivity index (χ2v) is 8.42. The standard InChI is InChI=1S/C12H22BN3O4S/c1-9-10(8-16(14-9)21(17,18)15(6)7)13-19-11(2,3)12(4,5)20-13/h8H,1-7H3. The van der Waals surface area contributed by atoms with E-state index in [9.17, 15) is 8.42 Å². The van der Waals surface area contributed by atoms with E-state index in [2.05, 4.69) is 5.10 Å². The van der Waals surface area contributed by atoms with Gasteiger partial charge in [-0.25, -0.2) is 0 Å². The second kappa shape index (κ2) is 4.80. The molecule has 1 aliphatic heterocycles. The van der Waals surface area contributed by atoms with Crippen LogP contribution in [0, 0.1) is 6.92 Å². The molecule has 21 heavy (non-hydrogen) atoms. The number of hydrogen-bond acceptors (Lipinski definition) is 5. The molecule has 1 aromatic rings. The molecule has 2 rings (SSSR count). The van der Waals surface area contributed by atoms with Crippen molar-refractivity contribution in [1.82, 2.24) is 13.5 Å². The van der Waals surface area contributed by atoms with Gasteiger partial charge in [-0.15, -0.1) is 0 Å². The van der Waals surface area contributed by atoms with Crippen LogP contribution in [0.15, 0.2) is 6.20 Å². The summed E-state index contributed by atoms with van der Waals surface area (Å²) in [5.74, 6) is 0. The van der Waals surface area contributed by atoms with Gasteiger partial charge in [0.15, 0.2) is 0 Å². The summed E-state index contributed by atoms with van der Waals surface area (Å²) in [5.41, 5.74) is 0.234. The minimum Gasteiger partial charge on any atom is -0.399 e. The van der Waals surface area contributed by atoms with E-state index in [-0.39, 0.29) is 0 Å². The van der Waals surface area contributed by atoms with E-state index in [1.807, 2.05) is 27.7 Å². The summed E-state index contributed by atoms with van der Waals surface area (Å²) in [5, 5.41) is 4.07. The van der Waals surface area contributed by atoms with Crippen LogP contribution >= 0.6 is 0 Å². The number of rotatable bonds is 3. The monoisotopic (exact) mass is 315 g/mol. The summed E-state index contributed by atoms with van der Waals surface area (Å²) in [7, 11) is -1.34. The van der Waals surface area contributed by atoms with E-state index in [0.29, 0.717) is 11.2 Å². The first kappa shape index (κ1) is 16.5. The molecule has 7 nitrogen and oxygen atoms in total. The second-order valence-electron chi connectivity index (χ2n) is 6.42. The molecule has 0 radical (unpaired) electrons. The van der Waals surface area contributed by atoms with Crippen molar-refractivity contribution in [2.75, 3.05) is 14.1 Å². The van der Waals surface area contributed by atoms with Crippen molar-refractivity contribution in [3.05, 3.63) is 11.9 Å². The van der Waals surface area contributed by atoms with E-state index in [0.717, 1.165) is 8.39 Å². The van der Waals surface area contributed by atoms with Crippen molar-refractivity contribution in [1.29, 1.82) is 0 Å². The normalized spacial score (nSPS) is 21.2. The minimum absolute atomic E-state index is 0.480. The summed E-state index contributed by atoms with van der Waals surface area (Å²) < 4.78 is 38.1. The molecule has 2 heterocycles. The van der Waals surface area contributed by atoms with Crippen LogP contribution in [-0.2, 0) is 19.5 Å². The van der Waals surface area contributed by atoms with Crippen LogP contribution in [0.3, 0.4) is 0 Å². The van der Waals surface area contributed by atoms with E-state index < -0.39 is 28.5 Å². The molecule has 0 unspecified atom stereocenters. The first-order chi connectivity index (χ1) is 9.38. The van der Waals surface area contributed by atoms with E-state index in [1.54, 1.807) is 6.92 Å². The lowest BCUT2D eigenvalue weighted by molar-refractivity contribution is 0.00578. The Morgan fingerprint density at radius 1 is 1.19 bits per heavy atom. The number of nitrogens with zero attached hydrogens (tertiary/aromatic N) is 3. The topological polar surface area (TPSA) is 73.7 Å². The average Bonchev–Trinajstić information content (AvgIpc) is 2.78. The Morgan fingerprint density at radius 3 is 2.10 bits per heavy atom. The predicted molar refractivity (Wildman–Crippen MR) is 80.7 cm³/mol. The van der Waals surface area contributed by atoms with Crippen LogP contribution in [0.25, 0.3) is 0 Å². The molecule has 1 aliphatic rings. The van der Waals surface area contributed by atoms with Crippen LogP contribution in [0.4, 0.5) is 0 Å². The number of aryl methyl sites for hydroxylation is 1. The van der Waals surface area contributed by atoms with E-state index >= 15 is 0 Å². The van der Waals surface area contributed by atoms with Crippen molar-refractivity contribution in [3.8, 4) is 0 Å². The molecule has 118 valence electrons. The lowest BCUT2D eigenvalue weighted by atomic mass is 9.79. The van der Waals surface area contributed by atoms with Gasteiger partial charge in [-0.05, 0) is 34.6 Å². The Bertz CT molecular complexity index is 635. The van der Waals surface area contributed by atoms with Gasteiger partial charge in [0.05, 0.1) is 16.9 Å². The lowest BCUT2D eigenvalue weighted by Gasteiger charge is -2.32. The van der Waals surface area contributed by atoms with Crippen molar-refractivity contribution in [2.24, 2.45) is 0 Å². The number of hydrogen-bond donors (Lipinski definition) is 0. The highest BCUT2D eigenvalue weighted by Gasteiger charge is 2.52. The molecular weight excluding hydrogens is 293 g/mol. The zero-order chi connectivity index (χ0) is 16.2. The SMILES string of the molecule is Cc1nn(S(=O)(=O)N(C)C)cc1B1OC(C)(C)C(C)(C)O1. The third-order valence-electron chi connectivity index (χ3n) is 4.12.